The molecule has 4 nitrogen and oxygen atoms in total. The number of hydrogen-bond donors (Lipinski definition) is 3. The first-order valence-electron chi connectivity index (χ1n) is 8.65. The molecule has 0 radical (unpaired) electrons. The summed E-state index contributed by atoms with van der Waals surface area (Å²) in [6, 6.07) is 0. The minimum absolute atomic E-state index is 0.249. The Morgan fingerprint density at radius 2 is 1.43 bits per heavy atom. The minimum atomic E-state index is -0.729. The molecule has 0 saturated carbocycles. The van der Waals surface area contributed by atoms with Crippen molar-refractivity contribution in [3.05, 3.63) is 0 Å². The predicted molar refractivity (Wildman–Crippen MR) is 85.3 cm³/mol. The molecule has 3 N–H and O–H groups in total. The van der Waals surface area contributed by atoms with Crippen LogP contribution >= 0.6 is 0 Å². The van der Waals surface area contributed by atoms with Crippen molar-refractivity contribution in [3.8, 4) is 0 Å². The Morgan fingerprint density at radius 3 is 2.05 bits per heavy atom. The fourth-order valence-electron chi connectivity index (χ4n) is 2.50. The van der Waals surface area contributed by atoms with E-state index in [9.17, 15) is 15.0 Å². The number of aliphatic carboxylic acids is 1. The Balaban J connectivity index is 3.38. The maximum absolute atomic E-state index is 10.3. The highest BCUT2D eigenvalue weighted by molar-refractivity contribution is 5.66. The molecular formula is C17H34O4. The van der Waals surface area contributed by atoms with Gasteiger partial charge in [-0.2, -0.15) is 0 Å². The molecule has 0 aromatic carbocycles. The largest absolute Gasteiger partial charge is 0.481 e. The SMILES string of the molecule is CCCCCCC[C@@H](O)[C@H]([18OH])CCCCCCCC(=O)O. The maximum atomic E-state index is 10.3. The number of carboxylic acid groups (broad SMARTS) is 1. The van der Waals surface area contributed by atoms with Crippen LogP contribution in [0, 0.1) is 0 Å². The lowest BCUT2D eigenvalue weighted by Gasteiger charge is -2.17. The molecule has 21 heavy (non-hydrogen) atoms. The summed E-state index contributed by atoms with van der Waals surface area (Å²) in [4.78, 5) is 10.3. The second kappa shape index (κ2) is 14.3. The molecule has 0 aliphatic carbocycles. The van der Waals surface area contributed by atoms with Crippen LogP contribution in [-0.4, -0.2) is 33.5 Å². The summed E-state index contributed by atoms with van der Waals surface area (Å²) >= 11 is 0. The Bertz CT molecular complexity index is 243. The number of aliphatic hydroxyl groups is 2. The van der Waals surface area contributed by atoms with Crippen LogP contribution in [0.15, 0.2) is 0 Å². The van der Waals surface area contributed by atoms with E-state index in [-0.39, 0.29) is 6.42 Å². The van der Waals surface area contributed by atoms with Crippen molar-refractivity contribution in [2.45, 2.75) is 103 Å². The zero-order chi connectivity index (χ0) is 15.9. The quantitative estimate of drug-likeness (QED) is 0.317. The van der Waals surface area contributed by atoms with Crippen LogP contribution in [0.4, 0.5) is 0 Å². The van der Waals surface area contributed by atoms with Gasteiger partial charge in [-0.1, -0.05) is 64.7 Å². The highest BCUT2D eigenvalue weighted by Crippen LogP contribution is 2.14. The van der Waals surface area contributed by atoms with Gasteiger partial charge in [0.25, 0.3) is 0 Å². The Morgan fingerprint density at radius 1 is 0.905 bits per heavy atom. The van der Waals surface area contributed by atoms with E-state index in [4.69, 9.17) is 5.11 Å². The molecule has 126 valence electrons. The van der Waals surface area contributed by atoms with Gasteiger partial charge in [-0.25, -0.2) is 0 Å². The van der Waals surface area contributed by atoms with Crippen molar-refractivity contribution in [2.24, 2.45) is 0 Å². The summed E-state index contributed by atoms with van der Waals surface area (Å²) in [6.45, 7) is 2.18. The van der Waals surface area contributed by atoms with E-state index < -0.39 is 18.2 Å². The zero-order valence-electron chi connectivity index (χ0n) is 13.6. The summed E-state index contributed by atoms with van der Waals surface area (Å²) in [5.74, 6) is -0.729. The summed E-state index contributed by atoms with van der Waals surface area (Å²) in [6.07, 6.45) is 10.8. The van der Waals surface area contributed by atoms with Crippen LogP contribution in [0.25, 0.3) is 0 Å². The average molecular weight is 304 g/mol. The van der Waals surface area contributed by atoms with Gasteiger partial charge in [0.15, 0.2) is 0 Å². The van der Waals surface area contributed by atoms with Gasteiger partial charge >= 0.3 is 5.97 Å². The van der Waals surface area contributed by atoms with Crippen molar-refractivity contribution in [1.82, 2.24) is 0 Å². The van der Waals surface area contributed by atoms with Crippen LogP contribution in [0.1, 0.15) is 90.4 Å². The predicted octanol–water partition coefficient (Wildman–Crippen LogP) is 3.88. The molecule has 0 bridgehead atoms. The summed E-state index contributed by atoms with van der Waals surface area (Å²) in [7, 11) is 0. The van der Waals surface area contributed by atoms with Gasteiger partial charge in [0.1, 0.15) is 0 Å². The first kappa shape index (κ1) is 20.4. The lowest BCUT2D eigenvalue weighted by Crippen LogP contribution is -2.25. The number of hydrogen-bond acceptors (Lipinski definition) is 3. The first-order valence-corrected chi connectivity index (χ1v) is 8.65. The fraction of sp³-hybridized carbons (Fsp3) is 0.941. The number of carboxylic acids is 1. The topological polar surface area (TPSA) is 77.8 Å². The van der Waals surface area contributed by atoms with Gasteiger partial charge in [0, 0.05) is 6.42 Å². The second-order valence-electron chi connectivity index (χ2n) is 6.04. The van der Waals surface area contributed by atoms with E-state index in [1.54, 1.807) is 0 Å². The lowest BCUT2D eigenvalue weighted by molar-refractivity contribution is -0.137. The molecule has 0 fully saturated rings. The highest BCUT2D eigenvalue weighted by Gasteiger charge is 2.15. The van der Waals surface area contributed by atoms with Crippen LogP contribution in [0.3, 0.4) is 0 Å². The molecular weight excluding hydrogens is 270 g/mol. The molecule has 0 aromatic rings. The van der Waals surface area contributed by atoms with E-state index in [0.29, 0.717) is 12.8 Å². The van der Waals surface area contributed by atoms with Crippen LogP contribution in [0.2, 0.25) is 0 Å². The van der Waals surface area contributed by atoms with Crippen molar-refractivity contribution in [1.29, 1.82) is 0 Å². The molecule has 0 heterocycles. The molecule has 0 spiro atoms. The third kappa shape index (κ3) is 14.1. The monoisotopic (exact) mass is 304 g/mol. The van der Waals surface area contributed by atoms with Crippen LogP contribution in [0.5, 0.6) is 0 Å². The third-order valence-corrected chi connectivity index (χ3v) is 3.94. The molecule has 0 aliphatic heterocycles. The van der Waals surface area contributed by atoms with E-state index in [1.165, 1.54) is 19.3 Å². The van der Waals surface area contributed by atoms with Crippen molar-refractivity contribution in [2.75, 3.05) is 0 Å². The van der Waals surface area contributed by atoms with Gasteiger partial charge in [0.2, 0.25) is 0 Å². The highest BCUT2D eigenvalue weighted by atomic mass is 18.2. The summed E-state index contributed by atoms with van der Waals surface area (Å²) < 4.78 is 0. The number of aliphatic hydroxyl groups excluding tert-OH is 2. The summed E-state index contributed by atoms with van der Waals surface area (Å²) in [5.41, 5.74) is 0. The molecule has 0 amide bonds. The molecule has 0 unspecified atom stereocenters. The van der Waals surface area contributed by atoms with E-state index >= 15 is 0 Å². The van der Waals surface area contributed by atoms with Gasteiger partial charge in [-0.05, 0) is 19.3 Å². The third-order valence-electron chi connectivity index (χ3n) is 3.94. The van der Waals surface area contributed by atoms with Crippen molar-refractivity contribution >= 4 is 5.97 Å². The average Bonchev–Trinajstić information content (AvgIpc) is 2.45. The molecule has 4 heteroatoms. The lowest BCUT2D eigenvalue weighted by atomic mass is 10.0. The summed E-state index contributed by atoms with van der Waals surface area (Å²) in [5, 5.41) is 28.2. The molecule has 0 rings (SSSR count). The minimum Gasteiger partial charge on any atom is -0.481 e. The number of unbranched alkanes of at least 4 members (excludes halogenated alkanes) is 8. The standard InChI is InChI=1S/C17H34O4/c1-2-3-4-6-9-12-15(18)16(19)13-10-7-5-8-11-14-17(20)21/h15-16,18-19H,2-14H2,1H3,(H,20,21)/t15-,16-/m1/s1/i19+2. The first-order chi connectivity index (χ1) is 10.1. The number of rotatable bonds is 15. The Hall–Kier alpha value is -0.610. The molecule has 0 aliphatic rings. The second-order valence-corrected chi connectivity index (χ2v) is 6.04. The maximum Gasteiger partial charge on any atom is 0.303 e. The fourth-order valence-corrected chi connectivity index (χ4v) is 2.50. The van der Waals surface area contributed by atoms with Crippen LogP contribution in [-0.2, 0) is 4.79 Å². The van der Waals surface area contributed by atoms with Gasteiger partial charge in [-0.15, -0.1) is 0 Å². The molecule has 2 atom stereocenters. The zero-order valence-corrected chi connectivity index (χ0v) is 13.6. The van der Waals surface area contributed by atoms with Gasteiger partial charge in [-0.3, -0.25) is 4.79 Å². The van der Waals surface area contributed by atoms with E-state index in [0.717, 1.165) is 44.9 Å². The Labute approximate surface area is 129 Å². The van der Waals surface area contributed by atoms with Crippen LogP contribution < -0.4 is 0 Å². The number of carbonyl (C=O) groups is 1. The van der Waals surface area contributed by atoms with Gasteiger partial charge in [0.05, 0.1) is 12.2 Å². The molecule has 0 saturated heterocycles. The van der Waals surface area contributed by atoms with E-state index in [2.05, 4.69) is 6.92 Å². The Kier molecular flexibility index (Phi) is 13.9. The normalized spacial score (nSPS) is 14.0. The van der Waals surface area contributed by atoms with Gasteiger partial charge < -0.3 is 15.3 Å². The smallest absolute Gasteiger partial charge is 0.303 e. The van der Waals surface area contributed by atoms with Crippen molar-refractivity contribution < 1.29 is 20.1 Å². The molecule has 0 aromatic heterocycles. The van der Waals surface area contributed by atoms with Crippen molar-refractivity contribution in [3.63, 3.8) is 0 Å². The van der Waals surface area contributed by atoms with E-state index in [1.807, 2.05) is 0 Å².